The van der Waals surface area contributed by atoms with E-state index in [1.54, 1.807) is 0 Å². The van der Waals surface area contributed by atoms with Crippen LogP contribution < -0.4 is 0 Å². The standard InChI is InChI=1S/C12H16N4/c1-10-4-6-11(7-5-10)13-14-12-15(2)8-9-16(12)3/h4-9,12H,1-3H3/q+2. The van der Waals surface area contributed by atoms with Crippen LogP contribution >= 0.6 is 0 Å². The molecule has 82 valence electrons. The molecule has 1 heterocycles. The van der Waals surface area contributed by atoms with E-state index in [2.05, 4.69) is 17.2 Å². The molecule has 0 spiro atoms. The Bertz CT molecular complexity index is 450. The maximum atomic E-state index is 4.30. The molecule has 0 radical (unpaired) electrons. The lowest BCUT2D eigenvalue weighted by atomic mass is 10.2. The third kappa shape index (κ3) is 2.21. The first kappa shape index (κ1) is 10.7. The summed E-state index contributed by atoms with van der Waals surface area (Å²) >= 11 is 0. The third-order valence-corrected chi connectivity index (χ3v) is 2.58. The van der Waals surface area contributed by atoms with E-state index < -0.39 is 0 Å². The van der Waals surface area contributed by atoms with E-state index in [0.717, 1.165) is 5.69 Å². The first-order valence-corrected chi connectivity index (χ1v) is 5.26. The van der Waals surface area contributed by atoms with Crippen molar-refractivity contribution in [2.75, 3.05) is 14.1 Å². The molecule has 16 heavy (non-hydrogen) atoms. The second kappa shape index (κ2) is 4.35. The molecule has 0 N–H and O–H groups in total. The Morgan fingerprint density at radius 2 is 1.56 bits per heavy atom. The number of hydrogen-bond acceptors (Lipinski definition) is 2. The van der Waals surface area contributed by atoms with Crippen LogP contribution in [0.25, 0.3) is 0 Å². The largest absolute Gasteiger partial charge is 0.464 e. The lowest BCUT2D eigenvalue weighted by Gasteiger charge is -1.97. The van der Waals surface area contributed by atoms with Gasteiger partial charge in [0.25, 0.3) is 0 Å². The Morgan fingerprint density at radius 3 is 2.12 bits per heavy atom. The van der Waals surface area contributed by atoms with E-state index in [0.29, 0.717) is 0 Å². The van der Waals surface area contributed by atoms with Gasteiger partial charge in [-0.3, -0.25) is 0 Å². The predicted molar refractivity (Wildman–Crippen MR) is 64.0 cm³/mol. The Balaban J connectivity index is 2.13. The zero-order chi connectivity index (χ0) is 11.5. The number of azo groups is 1. The Labute approximate surface area is 95.3 Å². The minimum Gasteiger partial charge on any atom is -0.150 e. The SMILES string of the molecule is Cc1ccc(N=NC2[N+](C)=CC=[N+]2C)cc1. The van der Waals surface area contributed by atoms with E-state index >= 15 is 0 Å². The number of benzene rings is 1. The maximum absolute atomic E-state index is 4.30. The van der Waals surface area contributed by atoms with Gasteiger partial charge >= 0.3 is 6.29 Å². The number of aryl methyl sites for hydroxylation is 1. The predicted octanol–water partition coefficient (Wildman–Crippen LogP) is 1.80. The van der Waals surface area contributed by atoms with Crippen molar-refractivity contribution in [3.63, 3.8) is 0 Å². The molecule has 4 heteroatoms. The van der Waals surface area contributed by atoms with Crippen LogP contribution in [-0.2, 0) is 0 Å². The van der Waals surface area contributed by atoms with Gasteiger partial charge < -0.3 is 0 Å². The Morgan fingerprint density at radius 1 is 1.00 bits per heavy atom. The van der Waals surface area contributed by atoms with E-state index in [-0.39, 0.29) is 6.29 Å². The average Bonchev–Trinajstić information content (AvgIpc) is 2.59. The molecule has 1 aliphatic heterocycles. The smallest absolute Gasteiger partial charge is 0.150 e. The number of hydrogen-bond donors (Lipinski definition) is 0. The van der Waals surface area contributed by atoms with Crippen LogP contribution in [0, 0.1) is 6.92 Å². The van der Waals surface area contributed by atoms with Gasteiger partial charge in [-0.15, -0.1) is 14.3 Å². The van der Waals surface area contributed by atoms with Gasteiger partial charge in [0.15, 0.2) is 0 Å². The van der Waals surface area contributed by atoms with Crippen molar-refractivity contribution in [2.45, 2.75) is 13.2 Å². The summed E-state index contributed by atoms with van der Waals surface area (Å²) in [6, 6.07) is 8.02. The molecule has 0 unspecified atom stereocenters. The van der Waals surface area contributed by atoms with Crippen LogP contribution in [0.2, 0.25) is 0 Å². The van der Waals surface area contributed by atoms with Gasteiger partial charge in [-0.25, -0.2) is 0 Å². The Hall–Kier alpha value is -1.84. The fraction of sp³-hybridized carbons (Fsp3) is 0.333. The molecular formula is C12H16N4+2. The van der Waals surface area contributed by atoms with E-state index in [9.17, 15) is 0 Å². The van der Waals surface area contributed by atoms with Crippen LogP contribution in [0.1, 0.15) is 5.56 Å². The van der Waals surface area contributed by atoms with Gasteiger partial charge in [-0.1, -0.05) is 17.7 Å². The van der Waals surface area contributed by atoms with Crippen molar-refractivity contribution >= 4 is 18.1 Å². The molecular weight excluding hydrogens is 200 g/mol. The summed E-state index contributed by atoms with van der Waals surface area (Å²) in [5, 5.41) is 8.53. The molecule has 0 saturated heterocycles. The fourth-order valence-electron chi connectivity index (χ4n) is 1.54. The molecule has 0 amide bonds. The second-order valence-electron chi connectivity index (χ2n) is 4.03. The first-order chi connectivity index (χ1) is 7.66. The highest BCUT2D eigenvalue weighted by atomic mass is 15.4. The van der Waals surface area contributed by atoms with Crippen molar-refractivity contribution in [3.05, 3.63) is 29.8 Å². The fourth-order valence-corrected chi connectivity index (χ4v) is 1.54. The van der Waals surface area contributed by atoms with Crippen molar-refractivity contribution < 1.29 is 9.15 Å². The van der Waals surface area contributed by atoms with Crippen LogP contribution in [0.3, 0.4) is 0 Å². The summed E-state index contributed by atoms with van der Waals surface area (Å²) in [5.41, 5.74) is 2.12. The van der Waals surface area contributed by atoms with Gasteiger partial charge in [0.2, 0.25) is 12.4 Å². The van der Waals surface area contributed by atoms with Crippen molar-refractivity contribution in [3.8, 4) is 0 Å². The van der Waals surface area contributed by atoms with Crippen molar-refractivity contribution in [1.82, 2.24) is 0 Å². The monoisotopic (exact) mass is 216 g/mol. The van der Waals surface area contributed by atoms with Gasteiger partial charge in [0.1, 0.15) is 14.1 Å². The molecule has 1 aliphatic rings. The van der Waals surface area contributed by atoms with E-state index in [1.807, 2.05) is 59.9 Å². The molecule has 1 aromatic rings. The van der Waals surface area contributed by atoms with Crippen LogP contribution in [0.5, 0.6) is 0 Å². The van der Waals surface area contributed by atoms with Crippen molar-refractivity contribution in [2.24, 2.45) is 10.2 Å². The normalized spacial score (nSPS) is 16.7. The van der Waals surface area contributed by atoms with Gasteiger partial charge in [-0.2, -0.15) is 0 Å². The average molecular weight is 216 g/mol. The zero-order valence-corrected chi connectivity index (χ0v) is 9.83. The molecule has 4 nitrogen and oxygen atoms in total. The number of rotatable bonds is 2. The summed E-state index contributed by atoms with van der Waals surface area (Å²) in [6.45, 7) is 2.06. The van der Waals surface area contributed by atoms with Crippen molar-refractivity contribution in [1.29, 1.82) is 0 Å². The molecule has 0 fully saturated rings. The molecule has 2 rings (SSSR count). The molecule has 0 aliphatic carbocycles. The lowest BCUT2D eigenvalue weighted by molar-refractivity contribution is -0.737. The molecule has 0 bridgehead atoms. The van der Waals surface area contributed by atoms with Gasteiger partial charge in [0.05, 0.1) is 5.69 Å². The molecule has 0 atom stereocenters. The summed E-state index contributed by atoms with van der Waals surface area (Å²) < 4.78 is 4.02. The minimum absolute atomic E-state index is 0.0266. The summed E-state index contributed by atoms with van der Waals surface area (Å²) in [5.74, 6) is 0. The first-order valence-electron chi connectivity index (χ1n) is 5.26. The van der Waals surface area contributed by atoms with Crippen LogP contribution in [0.15, 0.2) is 34.5 Å². The highest BCUT2D eigenvalue weighted by molar-refractivity contribution is 6.11. The molecule has 1 aromatic carbocycles. The summed E-state index contributed by atoms with van der Waals surface area (Å²) in [7, 11) is 3.97. The quantitative estimate of drug-likeness (QED) is 0.533. The molecule has 0 saturated carbocycles. The number of nitrogens with zero attached hydrogens (tertiary/aromatic N) is 4. The molecule has 0 aromatic heterocycles. The zero-order valence-electron chi connectivity index (χ0n) is 9.83. The van der Waals surface area contributed by atoms with Crippen LogP contribution in [0.4, 0.5) is 5.69 Å². The van der Waals surface area contributed by atoms with Gasteiger partial charge in [-0.05, 0) is 24.2 Å². The van der Waals surface area contributed by atoms with E-state index in [4.69, 9.17) is 0 Å². The summed E-state index contributed by atoms with van der Waals surface area (Å²) in [4.78, 5) is 0. The van der Waals surface area contributed by atoms with Crippen LogP contribution in [-0.4, -0.2) is 42.0 Å². The topological polar surface area (TPSA) is 30.7 Å². The summed E-state index contributed by atoms with van der Waals surface area (Å²) in [6.07, 6.45) is 3.94. The van der Waals surface area contributed by atoms with Gasteiger partial charge in [0, 0.05) is 0 Å². The van der Waals surface area contributed by atoms with E-state index in [1.165, 1.54) is 5.56 Å². The highest BCUT2D eigenvalue weighted by Gasteiger charge is 2.29. The third-order valence-electron chi connectivity index (χ3n) is 2.58. The maximum Gasteiger partial charge on any atom is 0.464 e. The Kier molecular flexibility index (Phi) is 2.90. The minimum atomic E-state index is -0.0266. The second-order valence-corrected chi connectivity index (χ2v) is 4.03. The lowest BCUT2D eigenvalue weighted by Crippen LogP contribution is -2.25. The highest BCUT2D eigenvalue weighted by Crippen LogP contribution is 2.14.